The number of nitrogen functional groups attached to an aromatic ring is 2. The molecular formula is C16H16N2O4Zn. The van der Waals surface area contributed by atoms with Crippen molar-refractivity contribution < 1.29 is 39.3 Å². The summed E-state index contributed by atoms with van der Waals surface area (Å²) < 4.78 is 0. The standard InChI is InChI=1S/2C8H9NO2.Zn/c2*1-5-3-2-4-6(7(5)9)8(10)11;/h2*2-4H,9H2,1H3,(H,10,11);/q;;+2/p-2. The summed E-state index contributed by atoms with van der Waals surface area (Å²) in [4.78, 5) is 20.8. The number of benzene rings is 2. The number of rotatable bonds is 2. The average molecular weight is 366 g/mol. The van der Waals surface area contributed by atoms with E-state index in [4.69, 9.17) is 11.5 Å². The molecule has 0 amide bonds. The minimum absolute atomic E-state index is 0. The fourth-order valence-electron chi connectivity index (χ4n) is 1.72. The molecule has 0 atom stereocenters. The van der Waals surface area contributed by atoms with Crippen LogP contribution >= 0.6 is 0 Å². The molecule has 0 heterocycles. The van der Waals surface area contributed by atoms with Crippen molar-refractivity contribution in [1.82, 2.24) is 0 Å². The molecule has 0 radical (unpaired) electrons. The zero-order valence-electron chi connectivity index (χ0n) is 13.0. The third-order valence-corrected chi connectivity index (χ3v) is 3.09. The summed E-state index contributed by atoms with van der Waals surface area (Å²) in [7, 11) is 0. The molecule has 0 aliphatic rings. The summed E-state index contributed by atoms with van der Waals surface area (Å²) in [6.07, 6.45) is 0. The smallest absolute Gasteiger partial charge is 0.545 e. The number of hydrogen-bond donors (Lipinski definition) is 2. The Hall–Kier alpha value is -2.40. The predicted octanol–water partition coefficient (Wildman–Crippen LogP) is -0.121. The molecule has 4 N–H and O–H groups in total. The topological polar surface area (TPSA) is 132 Å². The van der Waals surface area contributed by atoms with E-state index in [0.29, 0.717) is 0 Å². The SMILES string of the molecule is Cc1cccc(C(=O)[O-])c1N.Cc1cccc(C(=O)[O-])c1N.[Zn+2]. The number of anilines is 2. The first-order chi connectivity index (χ1) is 10.3. The van der Waals surface area contributed by atoms with Crippen molar-refractivity contribution in [3.05, 3.63) is 58.7 Å². The Kier molecular flexibility index (Phi) is 7.98. The van der Waals surface area contributed by atoms with E-state index in [-0.39, 0.29) is 42.0 Å². The van der Waals surface area contributed by atoms with Gasteiger partial charge in [0, 0.05) is 22.5 Å². The Labute approximate surface area is 146 Å². The molecule has 0 aliphatic heterocycles. The van der Waals surface area contributed by atoms with Gasteiger partial charge in [-0.25, -0.2) is 0 Å². The third kappa shape index (κ3) is 5.38. The van der Waals surface area contributed by atoms with E-state index in [9.17, 15) is 19.8 Å². The van der Waals surface area contributed by atoms with Gasteiger partial charge in [0.1, 0.15) is 0 Å². The van der Waals surface area contributed by atoms with Gasteiger partial charge in [-0.3, -0.25) is 0 Å². The molecule has 0 spiro atoms. The molecule has 7 heteroatoms. The van der Waals surface area contributed by atoms with E-state index >= 15 is 0 Å². The fourth-order valence-corrected chi connectivity index (χ4v) is 1.72. The van der Waals surface area contributed by atoms with Gasteiger partial charge in [0.25, 0.3) is 0 Å². The average Bonchev–Trinajstić information content (AvgIpc) is 2.45. The van der Waals surface area contributed by atoms with E-state index < -0.39 is 11.9 Å². The van der Waals surface area contributed by atoms with Crippen molar-refractivity contribution in [1.29, 1.82) is 0 Å². The van der Waals surface area contributed by atoms with Crippen LogP contribution < -0.4 is 21.7 Å². The Balaban J connectivity index is 0.000000403. The zero-order valence-corrected chi connectivity index (χ0v) is 15.9. The van der Waals surface area contributed by atoms with Crippen LogP contribution in [0.15, 0.2) is 36.4 Å². The summed E-state index contributed by atoms with van der Waals surface area (Å²) in [5.41, 5.74) is 13.1. The number of carbonyl (C=O) groups is 2. The largest absolute Gasteiger partial charge is 2.00 e. The minimum Gasteiger partial charge on any atom is -0.545 e. The number of aromatic carboxylic acids is 2. The van der Waals surface area contributed by atoms with Crippen molar-refractivity contribution >= 4 is 23.3 Å². The second-order valence-electron chi connectivity index (χ2n) is 4.65. The van der Waals surface area contributed by atoms with Crippen molar-refractivity contribution in [2.45, 2.75) is 13.8 Å². The number of hydrogen-bond acceptors (Lipinski definition) is 6. The van der Waals surface area contributed by atoms with Gasteiger partial charge in [0.2, 0.25) is 0 Å². The molecular weight excluding hydrogens is 350 g/mol. The second kappa shape index (κ2) is 8.90. The van der Waals surface area contributed by atoms with E-state index in [0.717, 1.165) is 11.1 Å². The van der Waals surface area contributed by atoms with Crippen LogP contribution in [0, 0.1) is 13.8 Å². The molecule has 0 aliphatic carbocycles. The molecule has 0 bridgehead atoms. The van der Waals surface area contributed by atoms with Crippen LogP contribution in [0.5, 0.6) is 0 Å². The van der Waals surface area contributed by atoms with Gasteiger partial charge >= 0.3 is 19.5 Å². The van der Waals surface area contributed by atoms with Crippen molar-refractivity contribution in [3.63, 3.8) is 0 Å². The van der Waals surface area contributed by atoms with Gasteiger partial charge in [0.15, 0.2) is 0 Å². The number of carbonyl (C=O) groups excluding carboxylic acids is 2. The number of para-hydroxylation sites is 2. The fraction of sp³-hybridized carbons (Fsp3) is 0.125. The first-order valence-corrected chi connectivity index (χ1v) is 6.38. The van der Waals surface area contributed by atoms with E-state index in [1.165, 1.54) is 12.1 Å². The van der Waals surface area contributed by atoms with Crippen LogP contribution in [0.4, 0.5) is 11.4 Å². The quantitative estimate of drug-likeness (QED) is 0.563. The molecule has 6 nitrogen and oxygen atoms in total. The number of nitrogens with two attached hydrogens (primary N) is 2. The van der Waals surface area contributed by atoms with Crippen LogP contribution in [-0.2, 0) is 19.5 Å². The molecule has 116 valence electrons. The molecule has 2 aromatic carbocycles. The molecule has 0 saturated heterocycles. The summed E-state index contributed by atoms with van der Waals surface area (Å²) >= 11 is 0. The van der Waals surface area contributed by atoms with Crippen LogP contribution in [-0.4, -0.2) is 11.9 Å². The monoisotopic (exact) mass is 364 g/mol. The van der Waals surface area contributed by atoms with Gasteiger partial charge in [-0.2, -0.15) is 0 Å². The van der Waals surface area contributed by atoms with Crippen LogP contribution in [0.25, 0.3) is 0 Å². The first-order valence-electron chi connectivity index (χ1n) is 6.38. The third-order valence-electron chi connectivity index (χ3n) is 3.09. The normalized spacial score (nSPS) is 9.13. The minimum atomic E-state index is -1.23. The maximum absolute atomic E-state index is 10.4. The maximum atomic E-state index is 10.4. The first kappa shape index (κ1) is 20.6. The molecule has 2 aromatic rings. The van der Waals surface area contributed by atoms with Gasteiger partial charge in [-0.1, -0.05) is 36.4 Å². The Morgan fingerprint density at radius 3 is 1.30 bits per heavy atom. The van der Waals surface area contributed by atoms with E-state index in [1.54, 1.807) is 38.1 Å². The number of carboxylic acid groups (broad SMARTS) is 2. The predicted molar refractivity (Wildman–Crippen MR) is 79.8 cm³/mol. The number of carboxylic acids is 2. The van der Waals surface area contributed by atoms with Crippen molar-refractivity contribution in [2.75, 3.05) is 11.5 Å². The van der Waals surface area contributed by atoms with E-state index in [2.05, 4.69) is 0 Å². The van der Waals surface area contributed by atoms with Gasteiger partial charge in [0.05, 0.1) is 11.9 Å². The summed E-state index contributed by atoms with van der Waals surface area (Å²) in [6, 6.07) is 9.63. The van der Waals surface area contributed by atoms with E-state index in [1.807, 2.05) is 0 Å². The molecule has 2 rings (SSSR count). The number of aryl methyl sites for hydroxylation is 2. The summed E-state index contributed by atoms with van der Waals surface area (Å²) in [6.45, 7) is 3.50. The van der Waals surface area contributed by atoms with Crippen LogP contribution in [0.2, 0.25) is 0 Å². The van der Waals surface area contributed by atoms with Gasteiger partial charge in [-0.15, -0.1) is 0 Å². The Morgan fingerprint density at radius 1 is 0.783 bits per heavy atom. The molecule has 0 unspecified atom stereocenters. The Morgan fingerprint density at radius 2 is 1.09 bits per heavy atom. The molecule has 0 saturated carbocycles. The van der Waals surface area contributed by atoms with Gasteiger partial charge in [-0.05, 0) is 25.0 Å². The summed E-state index contributed by atoms with van der Waals surface area (Å²) in [5.74, 6) is -2.46. The van der Waals surface area contributed by atoms with Gasteiger partial charge < -0.3 is 31.3 Å². The van der Waals surface area contributed by atoms with Crippen LogP contribution in [0.3, 0.4) is 0 Å². The Bertz CT molecular complexity index is 656. The van der Waals surface area contributed by atoms with Crippen LogP contribution in [0.1, 0.15) is 31.8 Å². The van der Waals surface area contributed by atoms with Crippen molar-refractivity contribution in [2.24, 2.45) is 0 Å². The maximum Gasteiger partial charge on any atom is 2.00 e. The molecule has 0 fully saturated rings. The summed E-state index contributed by atoms with van der Waals surface area (Å²) in [5, 5.41) is 20.8. The molecule has 23 heavy (non-hydrogen) atoms. The van der Waals surface area contributed by atoms with Crippen molar-refractivity contribution in [3.8, 4) is 0 Å². The molecule has 0 aromatic heterocycles. The second-order valence-corrected chi connectivity index (χ2v) is 4.65. The zero-order chi connectivity index (χ0) is 16.9.